The van der Waals surface area contributed by atoms with Crippen LogP contribution in [0, 0.1) is 5.92 Å². The Labute approximate surface area is 76.1 Å². The van der Waals surface area contributed by atoms with Crippen molar-refractivity contribution in [3.8, 4) is 0 Å². The van der Waals surface area contributed by atoms with Crippen molar-refractivity contribution in [2.75, 3.05) is 19.6 Å². The molecule has 1 heterocycles. The Balaban J connectivity index is 2.32. The Kier molecular flexibility index (Phi) is 4.02. The van der Waals surface area contributed by atoms with Crippen LogP contribution in [0.4, 0.5) is 0 Å². The summed E-state index contributed by atoms with van der Waals surface area (Å²) in [6, 6.07) is 0.637. The number of nitrogens with zero attached hydrogens (tertiary/aromatic N) is 1. The summed E-state index contributed by atoms with van der Waals surface area (Å²) >= 11 is 0. The quantitative estimate of drug-likeness (QED) is 0.694. The summed E-state index contributed by atoms with van der Waals surface area (Å²) in [6.07, 6.45) is 3.91. The van der Waals surface area contributed by atoms with Gasteiger partial charge in [-0.25, -0.2) is 0 Å². The molecule has 0 bridgehead atoms. The van der Waals surface area contributed by atoms with Crippen LogP contribution >= 0.6 is 0 Å². The second kappa shape index (κ2) is 4.83. The van der Waals surface area contributed by atoms with Crippen LogP contribution in [0.3, 0.4) is 0 Å². The lowest BCUT2D eigenvalue weighted by atomic mass is 9.97. The summed E-state index contributed by atoms with van der Waals surface area (Å²) in [5.74, 6) is 0.927. The van der Waals surface area contributed by atoms with Crippen molar-refractivity contribution in [1.82, 2.24) is 4.90 Å². The molecule has 0 aromatic rings. The molecule has 0 spiro atoms. The smallest absolute Gasteiger partial charge is 0.0215 e. The van der Waals surface area contributed by atoms with Gasteiger partial charge in [-0.1, -0.05) is 13.8 Å². The minimum absolute atomic E-state index is 0.637. The van der Waals surface area contributed by atoms with E-state index < -0.39 is 0 Å². The highest BCUT2D eigenvalue weighted by molar-refractivity contribution is 4.76. The van der Waals surface area contributed by atoms with E-state index in [2.05, 4.69) is 18.7 Å². The van der Waals surface area contributed by atoms with Crippen molar-refractivity contribution < 1.29 is 0 Å². The molecule has 12 heavy (non-hydrogen) atoms. The average Bonchev–Trinajstić information content (AvgIpc) is 2.10. The third-order valence-electron chi connectivity index (χ3n) is 3.08. The Morgan fingerprint density at radius 2 is 2.00 bits per heavy atom. The van der Waals surface area contributed by atoms with Gasteiger partial charge in [0.25, 0.3) is 0 Å². The van der Waals surface area contributed by atoms with E-state index >= 15 is 0 Å². The minimum atomic E-state index is 0.637. The van der Waals surface area contributed by atoms with Crippen LogP contribution in [0.2, 0.25) is 0 Å². The number of hydrogen-bond acceptors (Lipinski definition) is 2. The zero-order valence-electron chi connectivity index (χ0n) is 8.42. The van der Waals surface area contributed by atoms with Gasteiger partial charge >= 0.3 is 0 Å². The summed E-state index contributed by atoms with van der Waals surface area (Å²) in [6.45, 7) is 7.93. The molecule has 0 aliphatic carbocycles. The molecule has 1 atom stereocenters. The lowest BCUT2D eigenvalue weighted by Crippen LogP contribution is -2.44. The third kappa shape index (κ3) is 2.46. The predicted octanol–water partition coefficient (Wildman–Crippen LogP) is 1.46. The standard InChI is InChI=1S/C10H22N2/c1-3-10(8-11)12-6-4-9(2)5-7-12/h9-10H,3-8,11H2,1-2H3. The molecule has 1 rings (SSSR count). The van der Waals surface area contributed by atoms with Crippen LogP contribution in [0.1, 0.15) is 33.1 Å². The van der Waals surface area contributed by atoms with Crippen LogP contribution < -0.4 is 5.73 Å². The molecule has 2 N–H and O–H groups in total. The zero-order valence-corrected chi connectivity index (χ0v) is 8.42. The molecule has 1 aliphatic heterocycles. The van der Waals surface area contributed by atoms with E-state index in [1.807, 2.05) is 0 Å². The highest BCUT2D eigenvalue weighted by Gasteiger charge is 2.20. The number of rotatable bonds is 3. The number of hydrogen-bond donors (Lipinski definition) is 1. The molecule has 0 aromatic carbocycles. The maximum Gasteiger partial charge on any atom is 0.0215 e. The van der Waals surface area contributed by atoms with Crippen molar-refractivity contribution in [1.29, 1.82) is 0 Å². The van der Waals surface area contributed by atoms with E-state index in [0.29, 0.717) is 6.04 Å². The van der Waals surface area contributed by atoms with Crippen LogP contribution in [-0.4, -0.2) is 30.6 Å². The summed E-state index contributed by atoms with van der Waals surface area (Å²) in [5.41, 5.74) is 5.71. The third-order valence-corrected chi connectivity index (χ3v) is 3.08. The van der Waals surface area contributed by atoms with Crippen LogP contribution in [-0.2, 0) is 0 Å². The molecule has 0 saturated carbocycles. The van der Waals surface area contributed by atoms with Crippen LogP contribution in [0.25, 0.3) is 0 Å². The molecule has 1 fully saturated rings. The molecular formula is C10H22N2. The predicted molar refractivity (Wildman–Crippen MR) is 53.1 cm³/mol. The minimum Gasteiger partial charge on any atom is -0.329 e. The fraction of sp³-hybridized carbons (Fsp3) is 1.00. The van der Waals surface area contributed by atoms with E-state index in [9.17, 15) is 0 Å². The highest BCUT2D eigenvalue weighted by atomic mass is 15.2. The first-order valence-electron chi connectivity index (χ1n) is 5.22. The molecule has 1 saturated heterocycles. The largest absolute Gasteiger partial charge is 0.329 e. The first kappa shape index (κ1) is 10.0. The monoisotopic (exact) mass is 170 g/mol. The van der Waals surface area contributed by atoms with Crippen molar-refractivity contribution in [3.05, 3.63) is 0 Å². The Morgan fingerprint density at radius 3 is 2.42 bits per heavy atom. The van der Waals surface area contributed by atoms with Gasteiger partial charge in [-0.05, 0) is 38.3 Å². The summed E-state index contributed by atoms with van der Waals surface area (Å²) in [5, 5.41) is 0. The maximum absolute atomic E-state index is 5.71. The first-order valence-corrected chi connectivity index (χ1v) is 5.22. The van der Waals surface area contributed by atoms with Gasteiger partial charge in [0.2, 0.25) is 0 Å². The number of likely N-dealkylation sites (tertiary alicyclic amines) is 1. The second-order valence-corrected chi connectivity index (χ2v) is 4.02. The van der Waals surface area contributed by atoms with E-state index in [-0.39, 0.29) is 0 Å². The zero-order chi connectivity index (χ0) is 8.97. The summed E-state index contributed by atoms with van der Waals surface area (Å²) < 4.78 is 0. The van der Waals surface area contributed by atoms with E-state index in [0.717, 1.165) is 12.5 Å². The van der Waals surface area contributed by atoms with Gasteiger partial charge in [0.15, 0.2) is 0 Å². The fourth-order valence-corrected chi connectivity index (χ4v) is 1.97. The fourth-order valence-electron chi connectivity index (χ4n) is 1.97. The molecule has 0 radical (unpaired) electrons. The number of nitrogens with two attached hydrogens (primary N) is 1. The topological polar surface area (TPSA) is 29.3 Å². The van der Waals surface area contributed by atoms with E-state index in [1.54, 1.807) is 0 Å². The van der Waals surface area contributed by atoms with Crippen molar-refractivity contribution in [3.63, 3.8) is 0 Å². The molecule has 1 aliphatic rings. The molecule has 0 amide bonds. The highest BCUT2D eigenvalue weighted by Crippen LogP contribution is 2.18. The average molecular weight is 170 g/mol. The second-order valence-electron chi connectivity index (χ2n) is 4.02. The van der Waals surface area contributed by atoms with Gasteiger partial charge in [-0.3, -0.25) is 4.90 Å². The molecule has 2 heteroatoms. The molecule has 72 valence electrons. The van der Waals surface area contributed by atoms with Gasteiger partial charge in [-0.15, -0.1) is 0 Å². The van der Waals surface area contributed by atoms with E-state index in [1.165, 1.54) is 32.4 Å². The van der Waals surface area contributed by atoms with Crippen molar-refractivity contribution in [2.24, 2.45) is 11.7 Å². The Hall–Kier alpha value is -0.0800. The van der Waals surface area contributed by atoms with Gasteiger partial charge in [-0.2, -0.15) is 0 Å². The summed E-state index contributed by atoms with van der Waals surface area (Å²) in [4.78, 5) is 2.56. The van der Waals surface area contributed by atoms with Gasteiger partial charge in [0.05, 0.1) is 0 Å². The van der Waals surface area contributed by atoms with E-state index in [4.69, 9.17) is 5.73 Å². The van der Waals surface area contributed by atoms with Gasteiger partial charge < -0.3 is 5.73 Å². The van der Waals surface area contributed by atoms with Crippen molar-refractivity contribution >= 4 is 0 Å². The lowest BCUT2D eigenvalue weighted by molar-refractivity contribution is 0.138. The van der Waals surface area contributed by atoms with Crippen molar-refractivity contribution in [2.45, 2.75) is 39.2 Å². The SMILES string of the molecule is CCC(CN)N1CCC(C)CC1. The Bertz CT molecular complexity index is 113. The Morgan fingerprint density at radius 1 is 1.42 bits per heavy atom. The first-order chi connectivity index (χ1) is 5.77. The van der Waals surface area contributed by atoms with Gasteiger partial charge in [0.1, 0.15) is 0 Å². The molecule has 1 unspecified atom stereocenters. The summed E-state index contributed by atoms with van der Waals surface area (Å²) in [7, 11) is 0. The van der Waals surface area contributed by atoms with Crippen LogP contribution in [0.5, 0.6) is 0 Å². The molecule has 2 nitrogen and oxygen atoms in total. The number of piperidine rings is 1. The molecule has 0 aromatic heterocycles. The van der Waals surface area contributed by atoms with Gasteiger partial charge in [0, 0.05) is 12.6 Å². The normalized spacial score (nSPS) is 24.2. The molecular weight excluding hydrogens is 148 g/mol. The maximum atomic E-state index is 5.71. The lowest BCUT2D eigenvalue weighted by Gasteiger charge is -2.35. The van der Waals surface area contributed by atoms with Crippen LogP contribution in [0.15, 0.2) is 0 Å².